The Bertz CT molecular complexity index is 1650. The van der Waals surface area contributed by atoms with Crippen molar-refractivity contribution in [3.8, 4) is 17.5 Å². The molecule has 226 valence electrons. The molecule has 2 N–H and O–H groups in total. The van der Waals surface area contributed by atoms with Gasteiger partial charge in [0.25, 0.3) is 11.8 Å². The number of rotatable bonds is 8. The van der Waals surface area contributed by atoms with E-state index in [1.54, 1.807) is 43.3 Å². The Balaban J connectivity index is 1.19. The van der Waals surface area contributed by atoms with E-state index in [1.165, 1.54) is 40.4 Å². The van der Waals surface area contributed by atoms with E-state index in [2.05, 4.69) is 31.8 Å². The van der Waals surface area contributed by atoms with Crippen molar-refractivity contribution in [1.82, 2.24) is 34.9 Å². The third-order valence-corrected chi connectivity index (χ3v) is 8.36. The molecule has 14 nitrogen and oxygen atoms in total. The molecular formula is C30H31N9O5. The van der Waals surface area contributed by atoms with Crippen LogP contribution in [0.2, 0.25) is 0 Å². The summed E-state index contributed by atoms with van der Waals surface area (Å²) in [7, 11) is 1.53. The Morgan fingerprint density at radius 2 is 2.05 bits per heavy atom. The van der Waals surface area contributed by atoms with Crippen LogP contribution in [0.5, 0.6) is 5.75 Å². The fraction of sp³-hybridized carbons (Fsp3) is 0.400. The standard InChI is InChI=1S/C30H31N9O5/c1-18(35-26(40)21-6-3-4-7-22(21)39-17-32-16-34-39)27(41)37(2)23(12-19-9-10-19)28(42)38-15-30(13-20(38)14-31)29(43)36-25-24(44-30)8-5-11-33-25/h3-8,11,16-20,23H,9-10,12-13,15H2,1-2H3,(H,35,40)(H,33,36,43)/t18-,20-,23-,30+/m0/s1. The Morgan fingerprint density at radius 1 is 1.25 bits per heavy atom. The monoisotopic (exact) mass is 597 g/mol. The number of nitriles is 1. The number of likely N-dealkylation sites (N-methyl/N-ethyl adjacent to an activating group) is 1. The summed E-state index contributed by atoms with van der Waals surface area (Å²) < 4.78 is 7.55. The number of nitrogens with zero attached hydrogens (tertiary/aromatic N) is 7. The molecule has 2 aliphatic heterocycles. The van der Waals surface area contributed by atoms with Crippen LogP contribution in [0.4, 0.5) is 5.82 Å². The number of amides is 4. The van der Waals surface area contributed by atoms with E-state index < -0.39 is 47.4 Å². The van der Waals surface area contributed by atoms with Gasteiger partial charge in [0.1, 0.15) is 30.8 Å². The lowest BCUT2D eigenvalue weighted by atomic mass is 9.97. The van der Waals surface area contributed by atoms with E-state index in [9.17, 15) is 24.4 Å². The zero-order chi connectivity index (χ0) is 31.0. The van der Waals surface area contributed by atoms with E-state index in [4.69, 9.17) is 4.74 Å². The molecule has 44 heavy (non-hydrogen) atoms. The van der Waals surface area contributed by atoms with Gasteiger partial charge in [0.05, 0.1) is 23.9 Å². The highest BCUT2D eigenvalue weighted by atomic mass is 16.5. The minimum absolute atomic E-state index is 0.0269. The minimum atomic E-state index is -1.46. The number of hydrogen-bond acceptors (Lipinski definition) is 9. The zero-order valence-electron chi connectivity index (χ0n) is 24.2. The summed E-state index contributed by atoms with van der Waals surface area (Å²) in [5.41, 5.74) is -0.666. The summed E-state index contributed by atoms with van der Waals surface area (Å²) in [6, 6.07) is 9.47. The predicted molar refractivity (Wildman–Crippen MR) is 154 cm³/mol. The number of benzene rings is 1. The lowest BCUT2D eigenvalue weighted by molar-refractivity contribution is -0.146. The predicted octanol–water partition coefficient (Wildman–Crippen LogP) is 1.30. The first kappa shape index (κ1) is 28.8. The molecule has 4 amide bonds. The van der Waals surface area contributed by atoms with Crippen molar-refractivity contribution in [2.24, 2.45) is 5.92 Å². The number of carbonyl (C=O) groups excluding carboxylic acids is 4. The highest BCUT2D eigenvalue weighted by Gasteiger charge is 2.56. The Hall–Kier alpha value is -5.32. The molecule has 1 aromatic carbocycles. The van der Waals surface area contributed by atoms with Crippen molar-refractivity contribution >= 4 is 29.4 Å². The van der Waals surface area contributed by atoms with Gasteiger partial charge < -0.3 is 25.2 Å². The van der Waals surface area contributed by atoms with Crippen LogP contribution in [0.1, 0.15) is 43.0 Å². The van der Waals surface area contributed by atoms with Crippen molar-refractivity contribution in [2.45, 2.75) is 56.3 Å². The van der Waals surface area contributed by atoms with Crippen molar-refractivity contribution < 1.29 is 23.9 Å². The molecule has 4 atom stereocenters. The fourth-order valence-corrected chi connectivity index (χ4v) is 5.78. The van der Waals surface area contributed by atoms with Crippen LogP contribution < -0.4 is 15.4 Å². The first-order valence-corrected chi connectivity index (χ1v) is 14.4. The van der Waals surface area contributed by atoms with Gasteiger partial charge in [-0.3, -0.25) is 19.2 Å². The topological polar surface area (TPSA) is 175 Å². The second kappa shape index (κ2) is 11.4. The minimum Gasteiger partial charge on any atom is -0.472 e. The molecular weight excluding hydrogens is 566 g/mol. The molecule has 2 aromatic heterocycles. The van der Waals surface area contributed by atoms with Crippen molar-refractivity contribution in [3.05, 3.63) is 60.8 Å². The Kier molecular flexibility index (Phi) is 7.46. The highest BCUT2D eigenvalue weighted by molar-refractivity contribution is 6.02. The summed E-state index contributed by atoms with van der Waals surface area (Å²) in [4.78, 5) is 65.0. The van der Waals surface area contributed by atoms with Gasteiger partial charge in [-0.15, -0.1) is 0 Å². The van der Waals surface area contributed by atoms with Gasteiger partial charge >= 0.3 is 0 Å². The lowest BCUT2D eigenvalue weighted by Crippen LogP contribution is -2.57. The fourth-order valence-electron chi connectivity index (χ4n) is 5.78. The molecule has 6 rings (SSSR count). The van der Waals surface area contributed by atoms with E-state index >= 15 is 0 Å². The van der Waals surface area contributed by atoms with Crippen LogP contribution in [-0.2, 0) is 14.4 Å². The van der Waals surface area contributed by atoms with E-state index in [0.29, 0.717) is 23.4 Å². The number of ether oxygens (including phenoxy) is 1. The molecule has 4 heterocycles. The van der Waals surface area contributed by atoms with Gasteiger partial charge in [0.15, 0.2) is 11.6 Å². The summed E-state index contributed by atoms with van der Waals surface area (Å²) in [5, 5.41) is 19.6. The first-order chi connectivity index (χ1) is 21.2. The number of nitrogens with one attached hydrogen (secondary N) is 2. The number of para-hydroxylation sites is 1. The second-order valence-corrected chi connectivity index (χ2v) is 11.4. The van der Waals surface area contributed by atoms with E-state index in [0.717, 1.165) is 12.8 Å². The van der Waals surface area contributed by atoms with Gasteiger partial charge in [0, 0.05) is 19.7 Å². The SMILES string of the molecule is C[C@H](NC(=O)c1ccccc1-n1cncn1)C(=O)N(C)[C@@H](CC1CC1)C(=O)N1C[C@@]2(C[C@H]1C#N)Oc1cccnc1NC2=O. The molecule has 1 aliphatic carbocycles. The highest BCUT2D eigenvalue weighted by Crippen LogP contribution is 2.40. The van der Waals surface area contributed by atoms with Crippen molar-refractivity contribution in [1.29, 1.82) is 5.26 Å². The van der Waals surface area contributed by atoms with Gasteiger partial charge in [-0.25, -0.2) is 14.6 Å². The number of fused-ring (bicyclic) bond motifs is 1. The van der Waals surface area contributed by atoms with Crippen molar-refractivity contribution in [2.75, 3.05) is 18.9 Å². The van der Waals surface area contributed by atoms with Crippen LogP contribution in [0.25, 0.3) is 5.69 Å². The lowest BCUT2D eigenvalue weighted by Gasteiger charge is -2.35. The van der Waals surface area contributed by atoms with E-state index in [1.807, 2.05) is 0 Å². The third kappa shape index (κ3) is 5.32. The molecule has 1 spiro atoms. The molecule has 3 aliphatic rings. The van der Waals surface area contributed by atoms with Crippen LogP contribution in [0, 0.1) is 17.2 Å². The molecule has 2 fully saturated rings. The average molecular weight is 598 g/mol. The maximum Gasteiger partial charge on any atom is 0.271 e. The largest absolute Gasteiger partial charge is 0.472 e. The number of carbonyl (C=O) groups is 4. The number of hydrogen-bond donors (Lipinski definition) is 2. The number of aromatic nitrogens is 4. The Labute approximate surface area is 253 Å². The van der Waals surface area contributed by atoms with Crippen LogP contribution in [0.3, 0.4) is 0 Å². The van der Waals surface area contributed by atoms with Crippen LogP contribution >= 0.6 is 0 Å². The number of pyridine rings is 1. The van der Waals surface area contributed by atoms with Gasteiger partial charge in [-0.2, -0.15) is 10.4 Å². The summed E-state index contributed by atoms with van der Waals surface area (Å²) in [6.07, 6.45) is 6.58. The number of likely N-dealkylation sites (tertiary alicyclic amines) is 1. The molecule has 0 unspecified atom stereocenters. The summed E-state index contributed by atoms with van der Waals surface area (Å²) in [6.45, 7) is 1.40. The molecule has 14 heteroatoms. The van der Waals surface area contributed by atoms with E-state index in [-0.39, 0.29) is 24.7 Å². The van der Waals surface area contributed by atoms with Gasteiger partial charge in [-0.05, 0) is 43.5 Å². The summed E-state index contributed by atoms with van der Waals surface area (Å²) >= 11 is 0. The molecule has 1 saturated heterocycles. The normalized spacial score (nSPS) is 21.8. The molecule has 1 saturated carbocycles. The van der Waals surface area contributed by atoms with Gasteiger partial charge in [0.2, 0.25) is 17.4 Å². The Morgan fingerprint density at radius 3 is 2.77 bits per heavy atom. The quantitative estimate of drug-likeness (QED) is 0.388. The summed E-state index contributed by atoms with van der Waals surface area (Å²) in [5.74, 6) is -0.998. The zero-order valence-corrected chi connectivity index (χ0v) is 24.2. The van der Waals surface area contributed by atoms with Crippen LogP contribution in [-0.4, -0.2) is 90.5 Å². The van der Waals surface area contributed by atoms with Gasteiger partial charge in [-0.1, -0.05) is 25.0 Å². The number of anilines is 1. The van der Waals surface area contributed by atoms with Crippen LogP contribution in [0.15, 0.2) is 55.2 Å². The van der Waals surface area contributed by atoms with Crippen molar-refractivity contribution in [3.63, 3.8) is 0 Å². The second-order valence-electron chi connectivity index (χ2n) is 11.4. The average Bonchev–Trinajstić information content (AvgIpc) is 3.53. The molecule has 0 radical (unpaired) electrons. The maximum absolute atomic E-state index is 14.1. The molecule has 0 bridgehead atoms. The first-order valence-electron chi connectivity index (χ1n) is 14.4. The maximum atomic E-state index is 14.1. The smallest absolute Gasteiger partial charge is 0.271 e. The molecule has 3 aromatic rings. The third-order valence-electron chi connectivity index (χ3n) is 8.36.